The maximum atomic E-state index is 11.2. The zero-order chi connectivity index (χ0) is 13.4. The van der Waals surface area contributed by atoms with Crippen molar-refractivity contribution in [1.82, 2.24) is 4.98 Å². The van der Waals surface area contributed by atoms with Crippen molar-refractivity contribution in [3.63, 3.8) is 0 Å². The Bertz CT molecular complexity index is 482. The third-order valence-electron chi connectivity index (χ3n) is 4.01. The second kappa shape index (κ2) is 5.09. The summed E-state index contributed by atoms with van der Waals surface area (Å²) in [6.07, 6.45) is 4.98. The molecule has 1 unspecified atom stereocenters. The number of rotatable bonds is 4. The highest BCUT2D eigenvalue weighted by molar-refractivity contribution is 7.15. The zero-order valence-corrected chi connectivity index (χ0v) is 11.7. The molecule has 0 aliphatic heterocycles. The maximum absolute atomic E-state index is 11.2. The largest absolute Gasteiger partial charge is 0.481 e. The Morgan fingerprint density at radius 2 is 2.32 bits per heavy atom. The average Bonchev–Trinajstić information content (AvgIpc) is 2.74. The van der Waals surface area contributed by atoms with Gasteiger partial charge in [-0.3, -0.25) is 4.79 Å². The summed E-state index contributed by atoms with van der Waals surface area (Å²) in [6.45, 7) is 0. The first-order valence-corrected chi connectivity index (χ1v) is 7.50. The van der Waals surface area contributed by atoms with Crippen LogP contribution in [-0.2, 0) is 16.0 Å². The number of methoxy groups -OCH3 is 1. The van der Waals surface area contributed by atoms with Crippen LogP contribution in [0.1, 0.15) is 42.2 Å². The van der Waals surface area contributed by atoms with Crippen LogP contribution >= 0.6 is 11.3 Å². The van der Waals surface area contributed by atoms with Gasteiger partial charge in [0.2, 0.25) is 0 Å². The van der Waals surface area contributed by atoms with E-state index in [1.54, 1.807) is 18.4 Å². The molecule has 1 fully saturated rings. The number of carbonyl (C=O) groups is 1. The number of hydrogen-bond acceptors (Lipinski definition) is 5. The number of carboxylic acid groups (broad SMARTS) is 1. The molecule has 0 bridgehead atoms. The van der Waals surface area contributed by atoms with Crippen LogP contribution in [0, 0.1) is 0 Å². The molecule has 0 saturated heterocycles. The number of hydrogen-bond donors (Lipinski definition) is 2. The van der Waals surface area contributed by atoms with Crippen molar-refractivity contribution in [3.05, 3.63) is 10.6 Å². The first kappa shape index (κ1) is 12.9. The van der Waals surface area contributed by atoms with Gasteiger partial charge >= 0.3 is 5.97 Å². The molecule has 1 aromatic heterocycles. The second-order valence-corrected chi connectivity index (χ2v) is 6.36. The lowest BCUT2D eigenvalue weighted by Crippen LogP contribution is -2.40. The predicted molar refractivity (Wildman–Crippen MR) is 72.9 cm³/mol. The Kier molecular flexibility index (Phi) is 3.45. The fourth-order valence-corrected chi connectivity index (χ4v) is 3.91. The van der Waals surface area contributed by atoms with Crippen LogP contribution in [0.5, 0.6) is 0 Å². The minimum atomic E-state index is -0.749. The molecule has 104 valence electrons. The number of anilines is 1. The minimum absolute atomic E-state index is 0.360. The van der Waals surface area contributed by atoms with E-state index in [1.165, 1.54) is 0 Å². The summed E-state index contributed by atoms with van der Waals surface area (Å²) in [6, 6.07) is 0.417. The van der Waals surface area contributed by atoms with E-state index in [1.807, 2.05) is 0 Å². The van der Waals surface area contributed by atoms with Crippen LogP contribution in [0.4, 0.5) is 5.13 Å². The van der Waals surface area contributed by atoms with Gasteiger partial charge in [0, 0.05) is 18.0 Å². The Balaban J connectivity index is 1.70. The predicted octanol–water partition coefficient (Wildman–Crippen LogP) is 2.24. The van der Waals surface area contributed by atoms with E-state index in [2.05, 4.69) is 10.3 Å². The standard InChI is InChI=1S/C13H18N2O3S/c1-18-8-5-7(6-8)14-13-15-11-9(12(16)17)3-2-4-10(11)19-13/h7-9H,2-6H2,1H3,(H,14,15)(H,16,17). The molecule has 2 aliphatic rings. The summed E-state index contributed by atoms with van der Waals surface area (Å²) < 4.78 is 5.25. The van der Waals surface area contributed by atoms with Crippen molar-refractivity contribution in [1.29, 1.82) is 0 Å². The fraction of sp³-hybridized carbons (Fsp3) is 0.692. The molecule has 0 radical (unpaired) electrons. The molecule has 19 heavy (non-hydrogen) atoms. The number of aliphatic carboxylic acids is 1. The van der Waals surface area contributed by atoms with Gasteiger partial charge in [-0.15, -0.1) is 11.3 Å². The van der Waals surface area contributed by atoms with Gasteiger partial charge in [-0.05, 0) is 32.1 Å². The molecule has 1 atom stereocenters. The highest BCUT2D eigenvalue weighted by Crippen LogP contribution is 2.38. The molecule has 0 amide bonds. The molecule has 1 aromatic rings. The third kappa shape index (κ3) is 2.47. The van der Waals surface area contributed by atoms with Crippen molar-refractivity contribution in [2.45, 2.75) is 50.2 Å². The SMILES string of the molecule is COC1CC(Nc2nc3c(s2)CCCC3C(=O)O)C1. The summed E-state index contributed by atoms with van der Waals surface area (Å²) in [4.78, 5) is 16.9. The van der Waals surface area contributed by atoms with Crippen molar-refractivity contribution in [3.8, 4) is 0 Å². The first-order valence-electron chi connectivity index (χ1n) is 6.69. The molecule has 5 nitrogen and oxygen atoms in total. The van der Waals surface area contributed by atoms with Crippen LogP contribution < -0.4 is 5.32 Å². The van der Waals surface area contributed by atoms with Crippen molar-refractivity contribution < 1.29 is 14.6 Å². The lowest BCUT2D eigenvalue weighted by atomic mass is 9.89. The van der Waals surface area contributed by atoms with Gasteiger partial charge in [0.1, 0.15) is 5.92 Å². The number of nitrogens with zero attached hydrogens (tertiary/aromatic N) is 1. The Morgan fingerprint density at radius 1 is 1.53 bits per heavy atom. The lowest BCUT2D eigenvalue weighted by Gasteiger charge is -2.34. The lowest BCUT2D eigenvalue weighted by molar-refractivity contribution is -0.139. The van der Waals surface area contributed by atoms with Gasteiger partial charge in [-0.25, -0.2) is 4.98 Å². The molecule has 2 aliphatic carbocycles. The summed E-state index contributed by atoms with van der Waals surface area (Å²) in [5, 5.41) is 13.5. The minimum Gasteiger partial charge on any atom is -0.481 e. The van der Waals surface area contributed by atoms with Crippen molar-refractivity contribution in [2.24, 2.45) is 0 Å². The van der Waals surface area contributed by atoms with Gasteiger partial charge < -0.3 is 15.2 Å². The summed E-state index contributed by atoms with van der Waals surface area (Å²) in [7, 11) is 1.74. The quantitative estimate of drug-likeness (QED) is 0.886. The van der Waals surface area contributed by atoms with Crippen LogP contribution in [0.2, 0.25) is 0 Å². The van der Waals surface area contributed by atoms with Gasteiger partial charge in [-0.1, -0.05) is 0 Å². The summed E-state index contributed by atoms with van der Waals surface area (Å²) >= 11 is 1.62. The second-order valence-electron chi connectivity index (χ2n) is 5.28. The van der Waals surface area contributed by atoms with E-state index < -0.39 is 11.9 Å². The highest BCUT2D eigenvalue weighted by Gasteiger charge is 2.32. The van der Waals surface area contributed by atoms with Crippen LogP contribution in [-0.4, -0.2) is 35.3 Å². The summed E-state index contributed by atoms with van der Waals surface area (Å²) in [5.41, 5.74) is 0.786. The van der Waals surface area contributed by atoms with Crippen molar-refractivity contribution in [2.75, 3.05) is 12.4 Å². The normalized spacial score (nSPS) is 29.4. The van der Waals surface area contributed by atoms with Crippen LogP contribution in [0.3, 0.4) is 0 Å². The molecule has 0 spiro atoms. The topological polar surface area (TPSA) is 71.5 Å². The molecule has 1 saturated carbocycles. The Hall–Kier alpha value is -1.14. The smallest absolute Gasteiger partial charge is 0.312 e. The van der Waals surface area contributed by atoms with Crippen LogP contribution in [0.25, 0.3) is 0 Å². The molecule has 6 heteroatoms. The van der Waals surface area contributed by atoms with E-state index in [0.29, 0.717) is 18.6 Å². The van der Waals surface area contributed by atoms with Gasteiger partial charge in [0.05, 0.1) is 11.8 Å². The third-order valence-corrected chi connectivity index (χ3v) is 5.07. The van der Waals surface area contributed by atoms with Crippen LogP contribution in [0.15, 0.2) is 0 Å². The highest BCUT2D eigenvalue weighted by atomic mass is 32.1. The molecular weight excluding hydrogens is 264 g/mol. The van der Waals surface area contributed by atoms with E-state index in [4.69, 9.17) is 4.74 Å². The van der Waals surface area contributed by atoms with Crippen molar-refractivity contribution >= 4 is 22.4 Å². The Labute approximate surface area is 116 Å². The van der Waals surface area contributed by atoms with E-state index in [-0.39, 0.29) is 0 Å². The maximum Gasteiger partial charge on any atom is 0.312 e. The molecule has 0 aromatic carbocycles. The molecular formula is C13H18N2O3S. The Morgan fingerprint density at radius 3 is 3.00 bits per heavy atom. The van der Waals surface area contributed by atoms with Gasteiger partial charge in [-0.2, -0.15) is 0 Å². The van der Waals surface area contributed by atoms with E-state index in [9.17, 15) is 9.90 Å². The van der Waals surface area contributed by atoms with Gasteiger partial charge in [0.25, 0.3) is 0 Å². The average molecular weight is 282 g/mol. The number of aryl methyl sites for hydroxylation is 1. The number of aromatic nitrogens is 1. The monoisotopic (exact) mass is 282 g/mol. The fourth-order valence-electron chi connectivity index (χ4n) is 2.77. The first-order chi connectivity index (χ1) is 9.17. The molecule has 3 rings (SSSR count). The molecule has 2 N–H and O–H groups in total. The number of nitrogens with one attached hydrogen (secondary N) is 1. The number of fused-ring (bicyclic) bond motifs is 1. The number of thiazole rings is 1. The molecule has 1 heterocycles. The van der Waals surface area contributed by atoms with E-state index >= 15 is 0 Å². The number of ether oxygens (including phenoxy) is 1. The van der Waals surface area contributed by atoms with Gasteiger partial charge in [0.15, 0.2) is 5.13 Å². The van der Waals surface area contributed by atoms with E-state index in [0.717, 1.165) is 41.4 Å². The summed E-state index contributed by atoms with van der Waals surface area (Å²) in [5.74, 6) is -1.16. The zero-order valence-electron chi connectivity index (χ0n) is 10.9. The number of carboxylic acids is 1.